The molecule has 2 bridgehead atoms. The molecule has 2 nitrogen and oxygen atoms in total. The van der Waals surface area contributed by atoms with Crippen molar-refractivity contribution in [3.8, 4) is 0 Å². The van der Waals surface area contributed by atoms with Crippen molar-refractivity contribution in [3.05, 3.63) is 0 Å². The molecule has 3 rings (SSSR count). The number of rotatable bonds is 0. The first-order chi connectivity index (χ1) is 3.95. The van der Waals surface area contributed by atoms with Gasteiger partial charge in [0.15, 0.2) is 0 Å². The fourth-order valence-electron chi connectivity index (χ4n) is 1.62. The Hall–Kier alpha value is -0.0800. The molecule has 2 heteroatoms. The summed E-state index contributed by atoms with van der Waals surface area (Å²) < 4.78 is 0. The summed E-state index contributed by atoms with van der Waals surface area (Å²) in [7, 11) is 0. The Morgan fingerprint density at radius 2 is 1.12 bits per heavy atom. The van der Waals surface area contributed by atoms with Crippen molar-refractivity contribution in [3.63, 3.8) is 0 Å². The third-order valence-electron chi connectivity index (χ3n) is 2.22. The predicted molar refractivity (Wildman–Crippen MR) is 32.3 cm³/mol. The van der Waals surface area contributed by atoms with Gasteiger partial charge in [0, 0.05) is 12.1 Å². The summed E-state index contributed by atoms with van der Waals surface area (Å²) in [6.45, 7) is 0. The van der Waals surface area contributed by atoms with E-state index in [1.165, 1.54) is 25.7 Å². The topological polar surface area (TPSA) is 24.1 Å². The smallest absolute Gasteiger partial charge is 0.0214 e. The SMILES string of the molecule is C1CC2CCC1NN2. The second-order valence-electron chi connectivity index (χ2n) is 2.84. The molecule has 0 unspecified atom stereocenters. The highest BCUT2D eigenvalue weighted by Gasteiger charge is 2.25. The molecule has 3 fully saturated rings. The first-order valence-corrected chi connectivity index (χ1v) is 3.46. The lowest BCUT2D eigenvalue weighted by Crippen LogP contribution is -2.56. The number of hydrogen-bond donors (Lipinski definition) is 2. The molecule has 0 radical (unpaired) electrons. The van der Waals surface area contributed by atoms with Gasteiger partial charge in [-0.1, -0.05) is 0 Å². The van der Waals surface area contributed by atoms with E-state index in [1.54, 1.807) is 0 Å². The third-order valence-corrected chi connectivity index (χ3v) is 2.22. The van der Waals surface area contributed by atoms with Gasteiger partial charge < -0.3 is 0 Å². The first-order valence-electron chi connectivity index (χ1n) is 3.46. The van der Waals surface area contributed by atoms with Gasteiger partial charge in [0.25, 0.3) is 0 Å². The molecule has 0 aromatic carbocycles. The molecule has 0 aromatic heterocycles. The largest absolute Gasteiger partial charge is 0.255 e. The normalized spacial score (nSPS) is 45.0. The van der Waals surface area contributed by atoms with Crippen molar-refractivity contribution in [2.24, 2.45) is 0 Å². The van der Waals surface area contributed by atoms with Gasteiger partial charge in [0.2, 0.25) is 0 Å². The third kappa shape index (κ3) is 0.644. The second kappa shape index (κ2) is 1.71. The molecule has 8 heavy (non-hydrogen) atoms. The summed E-state index contributed by atoms with van der Waals surface area (Å²) in [6.07, 6.45) is 5.55. The summed E-state index contributed by atoms with van der Waals surface area (Å²) in [5.41, 5.74) is 6.54. The minimum atomic E-state index is 0.792. The number of hydrazine groups is 1. The van der Waals surface area contributed by atoms with E-state index >= 15 is 0 Å². The molecule has 46 valence electrons. The van der Waals surface area contributed by atoms with Crippen LogP contribution >= 0.6 is 0 Å². The Morgan fingerprint density at radius 1 is 0.750 bits per heavy atom. The van der Waals surface area contributed by atoms with E-state index in [1.807, 2.05) is 0 Å². The maximum atomic E-state index is 3.27. The van der Waals surface area contributed by atoms with Crippen LogP contribution in [0.15, 0.2) is 0 Å². The highest BCUT2D eigenvalue weighted by molar-refractivity contribution is 4.84. The van der Waals surface area contributed by atoms with Gasteiger partial charge in [-0.3, -0.25) is 10.9 Å². The van der Waals surface area contributed by atoms with Gasteiger partial charge in [-0.05, 0) is 25.7 Å². The molecule has 2 saturated heterocycles. The van der Waals surface area contributed by atoms with Crippen LogP contribution in [0, 0.1) is 0 Å². The lowest BCUT2D eigenvalue weighted by atomic mass is 9.90. The molecule has 0 amide bonds. The van der Waals surface area contributed by atoms with Crippen LogP contribution in [0.2, 0.25) is 0 Å². The maximum absolute atomic E-state index is 3.27. The molecule has 2 heterocycles. The average Bonchev–Trinajstić information content (AvgIpc) is 1.92. The van der Waals surface area contributed by atoms with Crippen molar-refractivity contribution in [2.75, 3.05) is 0 Å². The van der Waals surface area contributed by atoms with Crippen LogP contribution in [0.25, 0.3) is 0 Å². The molecule has 2 N–H and O–H groups in total. The van der Waals surface area contributed by atoms with E-state index < -0.39 is 0 Å². The van der Waals surface area contributed by atoms with Gasteiger partial charge >= 0.3 is 0 Å². The van der Waals surface area contributed by atoms with Gasteiger partial charge in [0.05, 0.1) is 0 Å². The Morgan fingerprint density at radius 3 is 1.25 bits per heavy atom. The van der Waals surface area contributed by atoms with Crippen LogP contribution in [0.4, 0.5) is 0 Å². The zero-order chi connectivity index (χ0) is 5.40. The number of fused-ring (bicyclic) bond motifs is 3. The van der Waals surface area contributed by atoms with Crippen LogP contribution in [0.3, 0.4) is 0 Å². The number of nitrogens with one attached hydrogen (secondary N) is 2. The van der Waals surface area contributed by atoms with E-state index in [2.05, 4.69) is 10.9 Å². The standard InChI is InChI=1S/C6H12N2/c1-2-6-4-3-5(1)7-8-6/h5-8H,1-4H2. The fourth-order valence-corrected chi connectivity index (χ4v) is 1.62. The summed E-state index contributed by atoms with van der Waals surface area (Å²) >= 11 is 0. The maximum Gasteiger partial charge on any atom is 0.0214 e. The van der Waals surface area contributed by atoms with Crippen molar-refractivity contribution in [2.45, 2.75) is 37.8 Å². The Kier molecular flexibility index (Phi) is 1.02. The highest BCUT2D eigenvalue weighted by Crippen LogP contribution is 2.21. The van der Waals surface area contributed by atoms with Gasteiger partial charge in [-0.15, -0.1) is 0 Å². The molecule has 3 aliphatic rings. The van der Waals surface area contributed by atoms with Crippen LogP contribution < -0.4 is 10.9 Å². The van der Waals surface area contributed by atoms with Crippen molar-refractivity contribution in [1.29, 1.82) is 0 Å². The van der Waals surface area contributed by atoms with E-state index in [0.29, 0.717) is 0 Å². The summed E-state index contributed by atoms with van der Waals surface area (Å²) in [5, 5.41) is 0. The molecule has 2 aliphatic heterocycles. The quantitative estimate of drug-likeness (QED) is 0.474. The molecular formula is C6H12N2. The Bertz CT molecular complexity index is 61.5. The minimum Gasteiger partial charge on any atom is -0.255 e. The summed E-state index contributed by atoms with van der Waals surface area (Å²) in [6, 6.07) is 1.58. The van der Waals surface area contributed by atoms with Crippen LogP contribution in [0.1, 0.15) is 25.7 Å². The Balaban J connectivity index is 2.03. The number of hydrogen-bond acceptors (Lipinski definition) is 2. The van der Waals surface area contributed by atoms with Crippen molar-refractivity contribution >= 4 is 0 Å². The van der Waals surface area contributed by atoms with Gasteiger partial charge in [-0.2, -0.15) is 0 Å². The molecule has 0 aromatic rings. The van der Waals surface area contributed by atoms with E-state index in [9.17, 15) is 0 Å². The van der Waals surface area contributed by atoms with Crippen LogP contribution in [-0.2, 0) is 0 Å². The van der Waals surface area contributed by atoms with E-state index in [-0.39, 0.29) is 0 Å². The van der Waals surface area contributed by atoms with E-state index in [0.717, 1.165) is 12.1 Å². The molecule has 1 saturated carbocycles. The first kappa shape index (κ1) is 4.77. The average molecular weight is 112 g/mol. The summed E-state index contributed by atoms with van der Waals surface area (Å²) in [4.78, 5) is 0. The lowest BCUT2D eigenvalue weighted by Gasteiger charge is -2.37. The van der Waals surface area contributed by atoms with Gasteiger partial charge in [-0.25, -0.2) is 0 Å². The zero-order valence-corrected chi connectivity index (χ0v) is 4.98. The van der Waals surface area contributed by atoms with Crippen molar-refractivity contribution < 1.29 is 0 Å². The lowest BCUT2D eigenvalue weighted by molar-refractivity contribution is 0.191. The van der Waals surface area contributed by atoms with E-state index in [4.69, 9.17) is 0 Å². The summed E-state index contributed by atoms with van der Waals surface area (Å²) in [5.74, 6) is 0. The minimum absolute atomic E-state index is 0.792. The van der Waals surface area contributed by atoms with Crippen LogP contribution in [-0.4, -0.2) is 12.1 Å². The van der Waals surface area contributed by atoms with Gasteiger partial charge in [0.1, 0.15) is 0 Å². The second-order valence-corrected chi connectivity index (χ2v) is 2.84. The van der Waals surface area contributed by atoms with Crippen LogP contribution in [0.5, 0.6) is 0 Å². The fraction of sp³-hybridized carbons (Fsp3) is 1.00. The monoisotopic (exact) mass is 112 g/mol. The zero-order valence-electron chi connectivity index (χ0n) is 4.98. The van der Waals surface area contributed by atoms with Crippen molar-refractivity contribution in [1.82, 2.24) is 10.9 Å². The predicted octanol–water partition coefficient (Wildman–Crippen LogP) is 0.405. The molecular weight excluding hydrogens is 100 g/mol. The molecule has 0 atom stereocenters. The highest BCUT2D eigenvalue weighted by atomic mass is 15.4. The molecule has 1 aliphatic carbocycles. The molecule has 0 spiro atoms. The Labute approximate surface area is 49.6 Å².